The first-order chi connectivity index (χ1) is 10.1. The fourth-order valence-electron chi connectivity index (χ4n) is 1.72. The maximum absolute atomic E-state index is 11.9. The second-order valence-corrected chi connectivity index (χ2v) is 5.47. The largest absolute Gasteiger partial charge is 0.469 e. The molecule has 0 saturated heterocycles. The summed E-state index contributed by atoms with van der Waals surface area (Å²) < 4.78 is 4.57. The number of hydrogen-bond donors (Lipinski definition) is 1. The molecule has 1 N–H and O–H groups in total. The number of benzene rings is 1. The number of carbonyl (C=O) groups is 2. The van der Waals surface area contributed by atoms with Crippen molar-refractivity contribution in [1.29, 1.82) is 0 Å². The van der Waals surface area contributed by atoms with Crippen LogP contribution in [0, 0.1) is 6.92 Å². The first-order valence-electron chi connectivity index (χ1n) is 6.43. The van der Waals surface area contributed by atoms with Crippen molar-refractivity contribution in [2.45, 2.75) is 19.8 Å². The highest BCUT2D eigenvalue weighted by atomic mass is 32.1. The van der Waals surface area contributed by atoms with Crippen LogP contribution in [-0.4, -0.2) is 24.0 Å². The number of nitrogens with one attached hydrogen (secondary N) is 1. The number of aryl methyl sites for hydroxylation is 1. The monoisotopic (exact) mass is 304 g/mol. The van der Waals surface area contributed by atoms with Crippen LogP contribution in [0.1, 0.15) is 16.8 Å². The Labute approximate surface area is 127 Å². The number of nitrogens with zero attached hydrogens (tertiary/aromatic N) is 1. The highest BCUT2D eigenvalue weighted by Crippen LogP contribution is 2.16. The van der Waals surface area contributed by atoms with Crippen LogP contribution in [0.5, 0.6) is 0 Å². The normalized spacial score (nSPS) is 10.2. The summed E-state index contributed by atoms with van der Waals surface area (Å²) in [6.45, 7) is 2.00. The van der Waals surface area contributed by atoms with Crippen molar-refractivity contribution in [3.05, 3.63) is 46.5 Å². The van der Waals surface area contributed by atoms with E-state index in [2.05, 4.69) is 15.0 Å². The SMILES string of the molecule is COC(=O)Cc1csc(NC(=O)Cc2ccc(C)cc2)n1. The van der Waals surface area contributed by atoms with Crippen LogP contribution in [0.4, 0.5) is 5.13 Å². The van der Waals surface area contributed by atoms with Gasteiger partial charge in [0.25, 0.3) is 0 Å². The molecule has 0 saturated carbocycles. The Morgan fingerprint density at radius 1 is 1.24 bits per heavy atom. The van der Waals surface area contributed by atoms with Crippen LogP contribution in [-0.2, 0) is 27.2 Å². The van der Waals surface area contributed by atoms with Crippen LogP contribution >= 0.6 is 11.3 Å². The molecule has 6 heteroatoms. The molecular formula is C15H16N2O3S. The molecule has 0 radical (unpaired) electrons. The quantitative estimate of drug-likeness (QED) is 0.861. The zero-order valence-electron chi connectivity index (χ0n) is 11.9. The zero-order chi connectivity index (χ0) is 15.2. The highest BCUT2D eigenvalue weighted by Gasteiger charge is 2.10. The Hall–Kier alpha value is -2.21. The van der Waals surface area contributed by atoms with Crippen LogP contribution in [0.2, 0.25) is 0 Å². The number of esters is 1. The van der Waals surface area contributed by atoms with Crippen molar-refractivity contribution >= 4 is 28.3 Å². The smallest absolute Gasteiger partial charge is 0.311 e. The highest BCUT2D eigenvalue weighted by molar-refractivity contribution is 7.13. The van der Waals surface area contributed by atoms with Gasteiger partial charge in [-0.25, -0.2) is 4.98 Å². The van der Waals surface area contributed by atoms with Gasteiger partial charge in [-0.05, 0) is 12.5 Å². The number of anilines is 1. The number of amides is 1. The van der Waals surface area contributed by atoms with Gasteiger partial charge in [0.2, 0.25) is 5.91 Å². The van der Waals surface area contributed by atoms with Crippen molar-refractivity contribution in [3.8, 4) is 0 Å². The van der Waals surface area contributed by atoms with Crippen molar-refractivity contribution in [1.82, 2.24) is 4.98 Å². The van der Waals surface area contributed by atoms with Crippen LogP contribution in [0.25, 0.3) is 0 Å². The number of hydrogen-bond acceptors (Lipinski definition) is 5. The Morgan fingerprint density at radius 2 is 1.95 bits per heavy atom. The van der Waals surface area contributed by atoms with E-state index in [9.17, 15) is 9.59 Å². The van der Waals surface area contributed by atoms with Gasteiger partial charge in [0.15, 0.2) is 5.13 Å². The molecule has 0 spiro atoms. The molecule has 1 amide bonds. The Balaban J connectivity index is 1.90. The average Bonchev–Trinajstić information content (AvgIpc) is 2.88. The van der Waals surface area contributed by atoms with Crippen LogP contribution in [0.15, 0.2) is 29.6 Å². The van der Waals surface area contributed by atoms with Gasteiger partial charge in [0.05, 0.1) is 25.6 Å². The predicted molar refractivity (Wildman–Crippen MR) is 81.3 cm³/mol. The van der Waals surface area contributed by atoms with E-state index < -0.39 is 0 Å². The van der Waals surface area contributed by atoms with Crippen molar-refractivity contribution in [3.63, 3.8) is 0 Å². The minimum Gasteiger partial charge on any atom is -0.469 e. The van der Waals surface area contributed by atoms with Crippen LogP contribution < -0.4 is 5.32 Å². The summed E-state index contributed by atoms with van der Waals surface area (Å²) in [7, 11) is 1.33. The summed E-state index contributed by atoms with van der Waals surface area (Å²) in [6.07, 6.45) is 0.410. The molecule has 0 aliphatic heterocycles. The van der Waals surface area contributed by atoms with E-state index >= 15 is 0 Å². The van der Waals surface area contributed by atoms with E-state index in [1.807, 2.05) is 31.2 Å². The zero-order valence-corrected chi connectivity index (χ0v) is 12.7. The third-order valence-electron chi connectivity index (χ3n) is 2.84. The molecule has 0 fully saturated rings. The molecule has 21 heavy (non-hydrogen) atoms. The Morgan fingerprint density at radius 3 is 2.62 bits per heavy atom. The molecule has 0 atom stereocenters. The topological polar surface area (TPSA) is 68.3 Å². The minimum absolute atomic E-state index is 0.112. The lowest BCUT2D eigenvalue weighted by Gasteiger charge is -2.02. The van der Waals surface area contributed by atoms with E-state index in [4.69, 9.17) is 0 Å². The summed E-state index contributed by atoms with van der Waals surface area (Å²) in [6, 6.07) is 7.81. The fraction of sp³-hybridized carbons (Fsp3) is 0.267. The molecule has 1 aromatic heterocycles. The number of aromatic nitrogens is 1. The standard InChI is InChI=1S/C15H16N2O3S/c1-10-3-5-11(6-4-10)7-13(18)17-15-16-12(9-21-15)8-14(19)20-2/h3-6,9H,7-8H2,1-2H3,(H,16,17,18). The van der Waals surface area contributed by atoms with E-state index in [-0.39, 0.29) is 18.3 Å². The van der Waals surface area contributed by atoms with Gasteiger partial charge >= 0.3 is 5.97 Å². The summed E-state index contributed by atoms with van der Waals surface area (Å²) in [5.74, 6) is -0.476. The van der Waals surface area contributed by atoms with Gasteiger partial charge in [0, 0.05) is 5.38 Å². The van der Waals surface area contributed by atoms with Crippen LogP contribution in [0.3, 0.4) is 0 Å². The van der Waals surface area contributed by atoms with E-state index in [1.165, 1.54) is 18.4 Å². The van der Waals surface area contributed by atoms with Crippen molar-refractivity contribution < 1.29 is 14.3 Å². The summed E-state index contributed by atoms with van der Waals surface area (Å²) in [5, 5.41) is 4.96. The molecule has 5 nitrogen and oxygen atoms in total. The molecule has 0 unspecified atom stereocenters. The molecule has 0 bridgehead atoms. The Bertz CT molecular complexity index is 635. The summed E-state index contributed by atoms with van der Waals surface area (Å²) >= 11 is 1.29. The molecule has 2 aromatic rings. The minimum atomic E-state index is -0.349. The number of thiazole rings is 1. The third-order valence-corrected chi connectivity index (χ3v) is 3.64. The molecule has 0 aliphatic carbocycles. The number of rotatable bonds is 5. The number of methoxy groups -OCH3 is 1. The van der Waals surface area contributed by atoms with Gasteiger partial charge < -0.3 is 10.1 Å². The molecular weight excluding hydrogens is 288 g/mol. The van der Waals surface area contributed by atoms with Gasteiger partial charge in [-0.15, -0.1) is 11.3 Å². The Kier molecular flexibility index (Phi) is 5.05. The summed E-state index contributed by atoms with van der Waals surface area (Å²) in [4.78, 5) is 27.2. The van der Waals surface area contributed by atoms with E-state index in [0.717, 1.165) is 11.1 Å². The average molecular weight is 304 g/mol. The maximum Gasteiger partial charge on any atom is 0.311 e. The lowest BCUT2D eigenvalue weighted by molar-refractivity contribution is -0.139. The third kappa shape index (κ3) is 4.68. The molecule has 110 valence electrons. The van der Waals surface area contributed by atoms with Crippen molar-refractivity contribution in [2.24, 2.45) is 0 Å². The van der Waals surface area contributed by atoms with Gasteiger partial charge in [-0.2, -0.15) is 0 Å². The predicted octanol–water partition coefficient (Wildman–Crippen LogP) is 2.35. The molecule has 1 heterocycles. The van der Waals surface area contributed by atoms with Crippen molar-refractivity contribution in [2.75, 3.05) is 12.4 Å². The number of ether oxygens (including phenoxy) is 1. The first kappa shape index (κ1) is 15.2. The second-order valence-electron chi connectivity index (χ2n) is 4.61. The van der Waals surface area contributed by atoms with E-state index in [0.29, 0.717) is 17.2 Å². The van der Waals surface area contributed by atoms with E-state index in [1.54, 1.807) is 5.38 Å². The summed E-state index contributed by atoms with van der Waals surface area (Å²) in [5.41, 5.74) is 2.70. The van der Waals surface area contributed by atoms with Gasteiger partial charge in [0.1, 0.15) is 0 Å². The molecule has 0 aliphatic rings. The molecule has 2 rings (SSSR count). The maximum atomic E-state index is 11.9. The fourth-order valence-corrected chi connectivity index (χ4v) is 2.45. The second kappa shape index (κ2) is 6.99. The lowest BCUT2D eigenvalue weighted by atomic mass is 10.1. The first-order valence-corrected chi connectivity index (χ1v) is 7.31. The van der Waals surface area contributed by atoms with Gasteiger partial charge in [-0.1, -0.05) is 29.8 Å². The molecule has 1 aromatic carbocycles. The van der Waals surface area contributed by atoms with Gasteiger partial charge in [-0.3, -0.25) is 9.59 Å². The lowest BCUT2D eigenvalue weighted by Crippen LogP contribution is -2.14. The number of carbonyl (C=O) groups excluding carboxylic acids is 2.